The van der Waals surface area contributed by atoms with Gasteiger partial charge < -0.3 is 15.0 Å². The van der Waals surface area contributed by atoms with Crippen molar-refractivity contribution in [2.75, 3.05) is 12.4 Å². The van der Waals surface area contributed by atoms with Crippen molar-refractivity contribution in [1.82, 2.24) is 30.0 Å². The molecule has 0 radical (unpaired) electrons. The third-order valence-electron chi connectivity index (χ3n) is 5.49. The second-order valence-electron chi connectivity index (χ2n) is 8.05. The van der Waals surface area contributed by atoms with Crippen molar-refractivity contribution in [3.8, 4) is 5.88 Å². The largest absolute Gasteiger partial charge is 0.442 e. The highest BCUT2D eigenvalue weighted by atomic mass is 19.1. The number of benzene rings is 1. The van der Waals surface area contributed by atoms with Crippen molar-refractivity contribution >= 4 is 22.6 Å². The molecule has 4 aromatic rings. The number of alkyl halides is 1. The molecule has 0 aliphatic heterocycles. The van der Waals surface area contributed by atoms with E-state index in [9.17, 15) is 9.18 Å². The monoisotopic (exact) mass is 475 g/mol. The molecule has 4 rings (SSSR count). The number of carbonyl (C=O) groups is 1. The fraction of sp³-hybridized carbons (Fsp3) is 0.280. The fourth-order valence-corrected chi connectivity index (χ4v) is 3.72. The Morgan fingerprint density at radius 3 is 2.54 bits per heavy atom. The van der Waals surface area contributed by atoms with Gasteiger partial charge in [-0.05, 0) is 55.8 Å². The van der Waals surface area contributed by atoms with Crippen molar-refractivity contribution in [2.24, 2.45) is 0 Å². The van der Waals surface area contributed by atoms with E-state index in [1.807, 2.05) is 39.1 Å². The van der Waals surface area contributed by atoms with Gasteiger partial charge in [0, 0.05) is 43.4 Å². The maximum atomic E-state index is 13.7. The topological polar surface area (TPSA) is 106 Å². The minimum atomic E-state index is -1.50. The quantitative estimate of drug-likeness (QED) is 0.403. The Kier molecular flexibility index (Phi) is 7.09. The number of pyridine rings is 1. The van der Waals surface area contributed by atoms with Gasteiger partial charge in [0.1, 0.15) is 11.6 Å². The van der Waals surface area contributed by atoms with Gasteiger partial charge in [-0.2, -0.15) is 5.10 Å². The Morgan fingerprint density at radius 2 is 1.89 bits per heavy atom. The standard InChI is InChI=1S/C25H26FN7O2/c1-15-12-19-13-18(6-8-21(19)30-23(15)27-4)25(34)33(16(2)24-28-10-5-11-29-24)14-20-7-9-22(32-31-20)35-17(3)26/h5-13,16-17H,14H2,1-4H3,(H,27,30). The number of amides is 1. The molecular formula is C25H26FN7O2. The minimum Gasteiger partial charge on any atom is -0.442 e. The predicted octanol–water partition coefficient (Wildman–Crippen LogP) is 4.26. The zero-order chi connectivity index (χ0) is 24.9. The number of rotatable bonds is 8. The van der Waals surface area contributed by atoms with Crippen LogP contribution in [0.3, 0.4) is 0 Å². The van der Waals surface area contributed by atoms with Crippen LogP contribution in [-0.2, 0) is 6.54 Å². The maximum Gasteiger partial charge on any atom is 0.254 e. The Balaban J connectivity index is 1.68. The van der Waals surface area contributed by atoms with E-state index < -0.39 is 12.4 Å². The second-order valence-corrected chi connectivity index (χ2v) is 8.05. The number of ether oxygens (including phenoxy) is 1. The maximum absolute atomic E-state index is 13.7. The third-order valence-corrected chi connectivity index (χ3v) is 5.49. The van der Waals surface area contributed by atoms with E-state index >= 15 is 0 Å². The number of halogens is 1. The summed E-state index contributed by atoms with van der Waals surface area (Å²) in [6.07, 6.45) is 1.77. The zero-order valence-electron chi connectivity index (χ0n) is 19.9. The van der Waals surface area contributed by atoms with E-state index in [4.69, 9.17) is 4.74 Å². The van der Waals surface area contributed by atoms with Crippen molar-refractivity contribution in [1.29, 1.82) is 0 Å². The van der Waals surface area contributed by atoms with Crippen LogP contribution in [0, 0.1) is 6.92 Å². The second kappa shape index (κ2) is 10.4. The summed E-state index contributed by atoms with van der Waals surface area (Å²) in [6, 6.07) is 11.8. The van der Waals surface area contributed by atoms with Gasteiger partial charge in [0.25, 0.3) is 5.91 Å². The lowest BCUT2D eigenvalue weighted by Gasteiger charge is -2.28. The number of fused-ring (bicyclic) bond motifs is 1. The molecule has 0 bridgehead atoms. The van der Waals surface area contributed by atoms with Crippen LogP contribution in [0.2, 0.25) is 0 Å². The molecule has 0 fully saturated rings. The van der Waals surface area contributed by atoms with Crippen LogP contribution in [-0.4, -0.2) is 49.4 Å². The Bertz CT molecular complexity index is 1320. The van der Waals surface area contributed by atoms with Gasteiger partial charge in [0.15, 0.2) is 0 Å². The summed E-state index contributed by atoms with van der Waals surface area (Å²) >= 11 is 0. The molecule has 0 saturated carbocycles. The zero-order valence-corrected chi connectivity index (χ0v) is 19.9. The number of aromatic nitrogens is 5. The summed E-state index contributed by atoms with van der Waals surface area (Å²) in [7, 11) is 1.82. The van der Waals surface area contributed by atoms with Crippen LogP contribution < -0.4 is 10.1 Å². The number of aryl methyl sites for hydroxylation is 1. The molecule has 9 nitrogen and oxygen atoms in total. The molecule has 1 aromatic carbocycles. The summed E-state index contributed by atoms with van der Waals surface area (Å²) < 4.78 is 18.0. The highest BCUT2D eigenvalue weighted by Gasteiger charge is 2.26. The number of hydrogen-bond donors (Lipinski definition) is 1. The molecule has 10 heteroatoms. The lowest BCUT2D eigenvalue weighted by atomic mass is 10.1. The molecule has 2 unspecified atom stereocenters. The average Bonchev–Trinajstić information content (AvgIpc) is 2.87. The molecule has 35 heavy (non-hydrogen) atoms. The number of carbonyl (C=O) groups excluding carboxylic acids is 1. The molecule has 2 atom stereocenters. The van der Waals surface area contributed by atoms with Crippen LogP contribution in [0.25, 0.3) is 10.9 Å². The van der Waals surface area contributed by atoms with Gasteiger partial charge in [-0.15, -0.1) is 5.10 Å². The molecule has 3 heterocycles. The highest BCUT2D eigenvalue weighted by Crippen LogP contribution is 2.25. The first-order valence-electron chi connectivity index (χ1n) is 11.2. The van der Waals surface area contributed by atoms with Crippen molar-refractivity contribution in [2.45, 2.75) is 39.7 Å². The summed E-state index contributed by atoms with van der Waals surface area (Å²) in [5, 5.41) is 12.0. The normalized spacial score (nSPS) is 12.7. The van der Waals surface area contributed by atoms with Crippen LogP contribution >= 0.6 is 0 Å². The van der Waals surface area contributed by atoms with E-state index in [-0.39, 0.29) is 18.3 Å². The van der Waals surface area contributed by atoms with Crippen molar-refractivity contribution in [3.05, 3.63) is 77.5 Å². The first-order chi connectivity index (χ1) is 16.9. The van der Waals surface area contributed by atoms with Gasteiger partial charge in [-0.1, -0.05) is 0 Å². The SMILES string of the molecule is CNc1nc2ccc(C(=O)N(Cc3ccc(OC(C)F)nn3)C(C)c3ncccn3)cc2cc1C. The van der Waals surface area contributed by atoms with E-state index in [0.717, 1.165) is 22.3 Å². The first kappa shape index (κ1) is 23.9. The number of nitrogens with one attached hydrogen (secondary N) is 1. The summed E-state index contributed by atoms with van der Waals surface area (Å²) in [6.45, 7) is 5.22. The molecule has 0 aliphatic rings. The average molecular weight is 476 g/mol. The molecule has 0 aliphatic carbocycles. The van der Waals surface area contributed by atoms with Gasteiger partial charge >= 0.3 is 0 Å². The van der Waals surface area contributed by atoms with Gasteiger partial charge in [-0.25, -0.2) is 19.3 Å². The van der Waals surface area contributed by atoms with E-state index in [0.29, 0.717) is 17.1 Å². The Morgan fingerprint density at radius 1 is 1.11 bits per heavy atom. The lowest BCUT2D eigenvalue weighted by Crippen LogP contribution is -2.34. The van der Waals surface area contributed by atoms with Crippen LogP contribution in [0.4, 0.5) is 10.2 Å². The molecule has 180 valence electrons. The van der Waals surface area contributed by atoms with E-state index in [2.05, 4.69) is 30.5 Å². The van der Waals surface area contributed by atoms with Crippen LogP contribution in [0.15, 0.2) is 54.9 Å². The van der Waals surface area contributed by atoms with Gasteiger partial charge in [0.2, 0.25) is 12.2 Å². The van der Waals surface area contributed by atoms with Crippen LogP contribution in [0.1, 0.15) is 47.3 Å². The molecule has 1 N–H and O–H groups in total. The molecule has 0 spiro atoms. The van der Waals surface area contributed by atoms with Crippen molar-refractivity contribution in [3.63, 3.8) is 0 Å². The number of nitrogens with zero attached hydrogens (tertiary/aromatic N) is 6. The minimum absolute atomic E-state index is 0.0689. The Labute approximate surface area is 202 Å². The first-order valence-corrected chi connectivity index (χ1v) is 11.2. The van der Waals surface area contributed by atoms with Crippen LogP contribution in [0.5, 0.6) is 5.88 Å². The molecule has 1 amide bonds. The lowest BCUT2D eigenvalue weighted by molar-refractivity contribution is 0.0662. The van der Waals surface area contributed by atoms with E-state index in [1.165, 1.54) is 13.0 Å². The van der Waals surface area contributed by atoms with Gasteiger partial charge in [0.05, 0.1) is 23.8 Å². The number of hydrogen-bond acceptors (Lipinski definition) is 8. The smallest absolute Gasteiger partial charge is 0.254 e. The highest BCUT2D eigenvalue weighted by molar-refractivity contribution is 5.98. The number of anilines is 1. The fourth-order valence-electron chi connectivity index (χ4n) is 3.72. The predicted molar refractivity (Wildman–Crippen MR) is 130 cm³/mol. The van der Waals surface area contributed by atoms with Crippen molar-refractivity contribution < 1.29 is 13.9 Å². The summed E-state index contributed by atoms with van der Waals surface area (Å²) in [5.74, 6) is 1.14. The Hall–Kier alpha value is -4.21. The molecular weight excluding hydrogens is 449 g/mol. The molecule has 3 aromatic heterocycles. The molecule has 0 saturated heterocycles. The summed E-state index contributed by atoms with van der Waals surface area (Å²) in [4.78, 5) is 28.6. The van der Waals surface area contributed by atoms with Gasteiger partial charge in [-0.3, -0.25) is 4.79 Å². The summed E-state index contributed by atoms with van der Waals surface area (Å²) in [5.41, 5.74) is 2.77. The van der Waals surface area contributed by atoms with E-state index in [1.54, 1.807) is 35.5 Å². The third kappa shape index (κ3) is 5.48.